The Bertz CT molecular complexity index is 938. The molecule has 31 heavy (non-hydrogen) atoms. The summed E-state index contributed by atoms with van der Waals surface area (Å²) >= 11 is 0. The van der Waals surface area contributed by atoms with E-state index in [0.717, 1.165) is 6.08 Å². The second-order valence-corrected chi connectivity index (χ2v) is 8.63. The monoisotopic (exact) mass is 433 g/mol. The van der Waals surface area contributed by atoms with Crippen molar-refractivity contribution in [3.05, 3.63) is 35.1 Å². The molecule has 9 nitrogen and oxygen atoms in total. The van der Waals surface area contributed by atoms with Crippen LogP contribution >= 0.6 is 0 Å². The number of nitrogens with zero attached hydrogens (tertiary/aromatic N) is 1. The highest BCUT2D eigenvalue weighted by Gasteiger charge is 2.76. The first-order valence-corrected chi connectivity index (χ1v) is 9.79. The summed E-state index contributed by atoms with van der Waals surface area (Å²) in [6.07, 6.45) is 4.85. The van der Waals surface area contributed by atoms with Crippen molar-refractivity contribution < 1.29 is 38.1 Å². The second kappa shape index (κ2) is 7.55. The van der Waals surface area contributed by atoms with E-state index in [4.69, 9.17) is 18.9 Å². The minimum Gasteiger partial charge on any atom is -0.466 e. The minimum absolute atomic E-state index is 0.0588. The molecule has 0 N–H and O–H groups in total. The lowest BCUT2D eigenvalue weighted by Crippen LogP contribution is -2.67. The van der Waals surface area contributed by atoms with Gasteiger partial charge in [-0.05, 0) is 5.41 Å². The van der Waals surface area contributed by atoms with E-state index in [-0.39, 0.29) is 28.8 Å². The molecule has 4 atom stereocenters. The molecule has 1 saturated heterocycles. The first kappa shape index (κ1) is 22.6. The van der Waals surface area contributed by atoms with E-state index in [9.17, 15) is 19.2 Å². The largest absolute Gasteiger partial charge is 0.466 e. The molecule has 0 aromatic rings. The van der Waals surface area contributed by atoms with E-state index in [0.29, 0.717) is 0 Å². The normalized spacial score (nSPS) is 28.7. The van der Waals surface area contributed by atoms with E-state index in [1.165, 1.54) is 28.4 Å². The molecule has 168 valence electrons. The van der Waals surface area contributed by atoms with Gasteiger partial charge in [0.2, 0.25) is 0 Å². The van der Waals surface area contributed by atoms with Gasteiger partial charge in [0.05, 0.1) is 57.2 Å². The maximum Gasteiger partial charge on any atom is 0.354 e. The number of fused-ring (bicyclic) bond motifs is 3. The highest BCUT2D eigenvalue weighted by Crippen LogP contribution is 2.69. The van der Waals surface area contributed by atoms with Crippen LogP contribution in [0.4, 0.5) is 0 Å². The van der Waals surface area contributed by atoms with Gasteiger partial charge in [0.25, 0.3) is 0 Å². The third kappa shape index (κ3) is 2.82. The Kier molecular flexibility index (Phi) is 5.50. The van der Waals surface area contributed by atoms with Crippen molar-refractivity contribution >= 4 is 23.9 Å². The highest BCUT2D eigenvalue weighted by molar-refractivity contribution is 6.08. The summed E-state index contributed by atoms with van der Waals surface area (Å²) in [6, 6.07) is -0.346. The fraction of sp³-hybridized carbons (Fsp3) is 0.545. The van der Waals surface area contributed by atoms with E-state index in [2.05, 4.69) is 0 Å². The Labute approximate surface area is 180 Å². The van der Waals surface area contributed by atoms with Gasteiger partial charge in [-0.2, -0.15) is 0 Å². The molecule has 0 aromatic carbocycles. The van der Waals surface area contributed by atoms with E-state index in [1.807, 2.05) is 32.9 Å². The Morgan fingerprint density at radius 1 is 0.935 bits per heavy atom. The van der Waals surface area contributed by atoms with Gasteiger partial charge in [-0.15, -0.1) is 0 Å². The van der Waals surface area contributed by atoms with Crippen LogP contribution in [0.5, 0.6) is 0 Å². The van der Waals surface area contributed by atoms with Gasteiger partial charge >= 0.3 is 23.9 Å². The highest BCUT2D eigenvalue weighted by atomic mass is 16.5. The summed E-state index contributed by atoms with van der Waals surface area (Å²) in [4.78, 5) is 52.3. The number of methoxy groups -OCH3 is 4. The summed E-state index contributed by atoms with van der Waals surface area (Å²) < 4.78 is 19.7. The van der Waals surface area contributed by atoms with Crippen molar-refractivity contribution in [3.8, 4) is 0 Å². The van der Waals surface area contributed by atoms with Gasteiger partial charge in [0, 0.05) is 11.8 Å². The fourth-order valence-corrected chi connectivity index (χ4v) is 5.29. The quantitative estimate of drug-likeness (QED) is 0.273. The molecular weight excluding hydrogens is 406 g/mol. The van der Waals surface area contributed by atoms with Crippen molar-refractivity contribution in [2.45, 2.75) is 32.4 Å². The predicted octanol–water partition coefficient (Wildman–Crippen LogP) is 1.14. The van der Waals surface area contributed by atoms with E-state index < -0.39 is 40.7 Å². The van der Waals surface area contributed by atoms with Crippen molar-refractivity contribution in [2.75, 3.05) is 28.4 Å². The number of hydrogen-bond acceptors (Lipinski definition) is 9. The molecular formula is C22H27NO8. The van der Waals surface area contributed by atoms with Gasteiger partial charge in [0.1, 0.15) is 5.70 Å². The lowest BCUT2D eigenvalue weighted by Gasteiger charge is -2.59. The Morgan fingerprint density at radius 3 is 1.97 bits per heavy atom. The van der Waals surface area contributed by atoms with Gasteiger partial charge < -0.3 is 23.8 Å². The number of hydrogen-bond donors (Lipinski definition) is 0. The van der Waals surface area contributed by atoms with Gasteiger partial charge in [-0.25, -0.2) is 19.2 Å². The van der Waals surface area contributed by atoms with Crippen molar-refractivity contribution in [1.82, 2.24) is 4.90 Å². The van der Waals surface area contributed by atoms with Crippen LogP contribution in [0, 0.1) is 17.3 Å². The minimum atomic E-state index is -1.13. The lowest BCUT2D eigenvalue weighted by atomic mass is 9.49. The molecule has 3 rings (SSSR count). The van der Waals surface area contributed by atoms with E-state index >= 15 is 0 Å². The van der Waals surface area contributed by atoms with Gasteiger partial charge in [-0.3, -0.25) is 0 Å². The summed E-state index contributed by atoms with van der Waals surface area (Å²) in [5, 5.41) is 0. The summed E-state index contributed by atoms with van der Waals surface area (Å²) in [5.74, 6) is -3.45. The molecule has 0 spiro atoms. The first-order valence-electron chi connectivity index (χ1n) is 9.79. The zero-order chi connectivity index (χ0) is 23.3. The van der Waals surface area contributed by atoms with Crippen LogP contribution in [0.2, 0.25) is 0 Å². The number of likely N-dealkylation sites (tertiary alicyclic amines) is 1. The second-order valence-electron chi connectivity index (χ2n) is 8.63. The van der Waals surface area contributed by atoms with E-state index in [1.54, 1.807) is 4.90 Å². The fourth-order valence-electron chi connectivity index (χ4n) is 5.29. The summed E-state index contributed by atoms with van der Waals surface area (Å²) in [5.41, 5.74) is -1.50. The maximum atomic E-state index is 13.0. The number of carbonyl (C=O) groups excluding carboxylic acids is 4. The molecule has 0 aromatic heterocycles. The molecule has 0 unspecified atom stereocenters. The van der Waals surface area contributed by atoms with Gasteiger partial charge in [0.15, 0.2) is 0 Å². The number of ether oxygens (including phenoxy) is 4. The molecule has 0 radical (unpaired) electrons. The Hall–Kier alpha value is -3.10. The molecule has 0 saturated carbocycles. The Balaban J connectivity index is 2.36. The molecule has 3 aliphatic rings. The lowest BCUT2D eigenvalue weighted by molar-refractivity contribution is -0.148. The van der Waals surface area contributed by atoms with Crippen molar-refractivity contribution in [2.24, 2.45) is 17.3 Å². The van der Waals surface area contributed by atoms with Crippen LogP contribution in [0.25, 0.3) is 0 Å². The van der Waals surface area contributed by atoms with Crippen molar-refractivity contribution in [3.63, 3.8) is 0 Å². The van der Waals surface area contributed by atoms with Crippen LogP contribution < -0.4 is 0 Å². The number of esters is 4. The SMILES string of the molecule is COC(=O)/C=C(\C(=O)OC)N1[C@@H]2C=C[C@@H]2[C@H]2C(C(=O)OC)=C(C(=O)OC)[C@]21C(C)(C)C. The van der Waals surface area contributed by atoms with Gasteiger partial charge in [-0.1, -0.05) is 32.9 Å². The Morgan fingerprint density at radius 2 is 1.55 bits per heavy atom. The molecule has 0 bridgehead atoms. The maximum absolute atomic E-state index is 13.0. The molecule has 0 amide bonds. The zero-order valence-corrected chi connectivity index (χ0v) is 18.7. The third-order valence-corrected chi connectivity index (χ3v) is 6.45. The van der Waals surface area contributed by atoms with Crippen LogP contribution in [0.15, 0.2) is 35.1 Å². The number of carbonyl (C=O) groups is 4. The molecule has 2 aliphatic carbocycles. The summed E-state index contributed by atoms with van der Waals surface area (Å²) in [7, 11) is 4.88. The zero-order valence-electron chi connectivity index (χ0n) is 18.7. The van der Waals surface area contributed by atoms with Crippen LogP contribution in [0.1, 0.15) is 20.8 Å². The average molecular weight is 433 g/mol. The van der Waals surface area contributed by atoms with Crippen molar-refractivity contribution in [1.29, 1.82) is 0 Å². The van der Waals surface area contributed by atoms with Crippen LogP contribution in [0.3, 0.4) is 0 Å². The van der Waals surface area contributed by atoms with Crippen LogP contribution in [-0.4, -0.2) is 68.8 Å². The molecule has 1 heterocycles. The topological polar surface area (TPSA) is 108 Å². The smallest absolute Gasteiger partial charge is 0.354 e. The van der Waals surface area contributed by atoms with Crippen LogP contribution in [-0.2, 0) is 38.1 Å². The first-order chi connectivity index (χ1) is 14.5. The summed E-state index contributed by atoms with van der Waals surface area (Å²) in [6.45, 7) is 5.71. The average Bonchev–Trinajstić information content (AvgIpc) is 2.86. The third-order valence-electron chi connectivity index (χ3n) is 6.45. The predicted molar refractivity (Wildman–Crippen MR) is 107 cm³/mol. The standard InChI is InChI=1S/C22H27NO8/c1-21(2,3)22-16(15(19(26)30-6)17(22)20(27)31-7)11-8-9-12(11)23(22)13(18(25)29-5)10-14(24)28-4/h8-12,16H,1-7H3/b13-10+/t11-,12+,16-,22-/m0/s1. The molecule has 1 aliphatic heterocycles. The molecule has 1 fully saturated rings. The number of rotatable bonds is 5. The molecule has 9 heteroatoms.